The standard InChI is InChI=1S/C14H25N3O/c1-6-18-11-10-17(5)13-9-7-8-12(15-13)16-14(2,3)4/h7-9H,6,10-11H2,1-5H3,(H,15,16). The van der Waals surface area contributed by atoms with Gasteiger partial charge in [0.15, 0.2) is 0 Å². The summed E-state index contributed by atoms with van der Waals surface area (Å²) in [6.45, 7) is 10.7. The fraction of sp³-hybridized carbons (Fsp3) is 0.643. The summed E-state index contributed by atoms with van der Waals surface area (Å²) in [4.78, 5) is 6.70. The third-order valence-corrected chi connectivity index (χ3v) is 2.40. The number of likely N-dealkylation sites (N-methyl/N-ethyl adjacent to an activating group) is 1. The van der Waals surface area contributed by atoms with Crippen molar-refractivity contribution in [1.29, 1.82) is 0 Å². The first-order valence-electron chi connectivity index (χ1n) is 6.46. The first-order valence-corrected chi connectivity index (χ1v) is 6.46. The smallest absolute Gasteiger partial charge is 0.130 e. The summed E-state index contributed by atoms with van der Waals surface area (Å²) in [6, 6.07) is 6.03. The maximum atomic E-state index is 5.35. The topological polar surface area (TPSA) is 37.4 Å². The molecule has 0 aromatic carbocycles. The minimum Gasteiger partial charge on any atom is -0.380 e. The molecule has 0 aliphatic carbocycles. The lowest BCUT2D eigenvalue weighted by molar-refractivity contribution is 0.154. The fourth-order valence-corrected chi connectivity index (χ4v) is 1.55. The summed E-state index contributed by atoms with van der Waals surface area (Å²) in [6.07, 6.45) is 0. The molecular weight excluding hydrogens is 226 g/mol. The largest absolute Gasteiger partial charge is 0.380 e. The first-order chi connectivity index (χ1) is 8.42. The predicted octanol–water partition coefficient (Wildman–Crippen LogP) is 2.76. The van der Waals surface area contributed by atoms with Crippen LogP contribution in [-0.4, -0.2) is 37.3 Å². The summed E-state index contributed by atoms with van der Waals surface area (Å²) >= 11 is 0. The van der Waals surface area contributed by atoms with E-state index in [9.17, 15) is 0 Å². The molecule has 18 heavy (non-hydrogen) atoms. The zero-order chi connectivity index (χ0) is 13.6. The molecule has 0 saturated carbocycles. The van der Waals surface area contributed by atoms with E-state index in [1.807, 2.05) is 32.2 Å². The van der Waals surface area contributed by atoms with Crippen LogP contribution in [0, 0.1) is 0 Å². The molecule has 0 bridgehead atoms. The maximum absolute atomic E-state index is 5.35. The number of nitrogens with zero attached hydrogens (tertiary/aromatic N) is 2. The van der Waals surface area contributed by atoms with Gasteiger partial charge in [-0.2, -0.15) is 0 Å². The molecule has 1 aromatic heterocycles. The molecule has 0 amide bonds. The number of ether oxygens (including phenoxy) is 1. The summed E-state index contributed by atoms with van der Waals surface area (Å²) in [5.41, 5.74) is 0.0233. The summed E-state index contributed by atoms with van der Waals surface area (Å²) in [5.74, 6) is 1.87. The Hall–Kier alpha value is -1.29. The number of pyridine rings is 1. The van der Waals surface area contributed by atoms with Crippen LogP contribution in [0.15, 0.2) is 18.2 Å². The van der Waals surface area contributed by atoms with Crippen molar-refractivity contribution >= 4 is 11.6 Å². The maximum Gasteiger partial charge on any atom is 0.130 e. The van der Waals surface area contributed by atoms with Gasteiger partial charge in [-0.05, 0) is 39.8 Å². The van der Waals surface area contributed by atoms with Gasteiger partial charge in [-0.25, -0.2) is 4.98 Å². The van der Waals surface area contributed by atoms with Gasteiger partial charge in [-0.1, -0.05) is 6.07 Å². The number of rotatable bonds is 6. The Morgan fingerprint density at radius 2 is 2.06 bits per heavy atom. The van der Waals surface area contributed by atoms with Crippen molar-refractivity contribution < 1.29 is 4.74 Å². The molecule has 0 spiro atoms. The molecule has 1 heterocycles. The van der Waals surface area contributed by atoms with Gasteiger partial charge in [-0.3, -0.25) is 0 Å². The molecule has 0 aliphatic heterocycles. The van der Waals surface area contributed by atoms with Gasteiger partial charge in [0.25, 0.3) is 0 Å². The Balaban J connectivity index is 2.63. The van der Waals surface area contributed by atoms with Gasteiger partial charge in [0, 0.05) is 25.7 Å². The molecule has 0 aliphatic rings. The fourth-order valence-electron chi connectivity index (χ4n) is 1.55. The first kappa shape index (κ1) is 14.8. The van der Waals surface area contributed by atoms with Crippen LogP contribution in [0.4, 0.5) is 11.6 Å². The quantitative estimate of drug-likeness (QED) is 0.789. The van der Waals surface area contributed by atoms with E-state index in [2.05, 4.69) is 36.0 Å². The van der Waals surface area contributed by atoms with Crippen LogP contribution in [0.3, 0.4) is 0 Å². The van der Waals surface area contributed by atoms with Gasteiger partial charge in [0.1, 0.15) is 11.6 Å². The van der Waals surface area contributed by atoms with Crippen molar-refractivity contribution in [2.45, 2.75) is 33.2 Å². The second-order valence-corrected chi connectivity index (χ2v) is 5.37. The molecule has 1 N–H and O–H groups in total. The van der Waals surface area contributed by atoms with E-state index in [-0.39, 0.29) is 5.54 Å². The Bertz CT molecular complexity index is 360. The van der Waals surface area contributed by atoms with E-state index >= 15 is 0 Å². The zero-order valence-electron chi connectivity index (χ0n) is 12.2. The Morgan fingerprint density at radius 3 is 2.67 bits per heavy atom. The van der Waals surface area contributed by atoms with Crippen molar-refractivity contribution in [3.63, 3.8) is 0 Å². The minimum absolute atomic E-state index is 0.0233. The Morgan fingerprint density at radius 1 is 1.33 bits per heavy atom. The molecule has 0 fully saturated rings. The lowest BCUT2D eigenvalue weighted by Crippen LogP contribution is -2.28. The van der Waals surface area contributed by atoms with Gasteiger partial charge in [-0.15, -0.1) is 0 Å². The molecule has 102 valence electrons. The lowest BCUT2D eigenvalue weighted by atomic mass is 10.1. The van der Waals surface area contributed by atoms with Crippen molar-refractivity contribution in [3.8, 4) is 0 Å². The van der Waals surface area contributed by atoms with E-state index in [0.717, 1.165) is 31.4 Å². The van der Waals surface area contributed by atoms with Crippen LogP contribution in [-0.2, 0) is 4.74 Å². The van der Waals surface area contributed by atoms with Crippen LogP contribution in [0.2, 0.25) is 0 Å². The molecule has 4 heteroatoms. The van der Waals surface area contributed by atoms with Crippen LogP contribution >= 0.6 is 0 Å². The predicted molar refractivity (Wildman–Crippen MR) is 77.4 cm³/mol. The average molecular weight is 251 g/mol. The average Bonchev–Trinajstić information content (AvgIpc) is 2.27. The second kappa shape index (κ2) is 6.59. The third-order valence-electron chi connectivity index (χ3n) is 2.40. The van der Waals surface area contributed by atoms with Gasteiger partial charge < -0.3 is 15.0 Å². The highest BCUT2D eigenvalue weighted by Crippen LogP contribution is 2.16. The van der Waals surface area contributed by atoms with E-state index < -0.39 is 0 Å². The molecule has 0 saturated heterocycles. The highest BCUT2D eigenvalue weighted by molar-refractivity contribution is 5.47. The van der Waals surface area contributed by atoms with Crippen LogP contribution in [0.1, 0.15) is 27.7 Å². The molecular formula is C14H25N3O. The number of aromatic nitrogens is 1. The van der Waals surface area contributed by atoms with Gasteiger partial charge in [0.2, 0.25) is 0 Å². The SMILES string of the molecule is CCOCCN(C)c1cccc(NC(C)(C)C)n1. The Kier molecular flexibility index (Phi) is 5.41. The molecule has 1 aromatic rings. The second-order valence-electron chi connectivity index (χ2n) is 5.37. The van der Waals surface area contributed by atoms with Crippen LogP contribution in [0.25, 0.3) is 0 Å². The van der Waals surface area contributed by atoms with Crippen LogP contribution in [0.5, 0.6) is 0 Å². The highest BCUT2D eigenvalue weighted by atomic mass is 16.5. The molecule has 0 atom stereocenters. The number of nitrogens with one attached hydrogen (secondary N) is 1. The van der Waals surface area contributed by atoms with E-state index in [4.69, 9.17) is 4.74 Å². The summed E-state index contributed by atoms with van der Waals surface area (Å²) in [7, 11) is 2.03. The van der Waals surface area contributed by atoms with Crippen molar-refractivity contribution in [1.82, 2.24) is 4.98 Å². The van der Waals surface area contributed by atoms with Gasteiger partial charge in [0.05, 0.1) is 6.61 Å². The molecule has 0 radical (unpaired) electrons. The van der Waals surface area contributed by atoms with Gasteiger partial charge >= 0.3 is 0 Å². The molecule has 4 nitrogen and oxygen atoms in total. The number of anilines is 2. The normalized spacial score (nSPS) is 11.4. The Labute approximate surface area is 110 Å². The van der Waals surface area contributed by atoms with E-state index in [1.165, 1.54) is 0 Å². The number of hydrogen-bond donors (Lipinski definition) is 1. The van der Waals surface area contributed by atoms with Crippen molar-refractivity contribution in [2.24, 2.45) is 0 Å². The molecule has 0 unspecified atom stereocenters. The van der Waals surface area contributed by atoms with Crippen molar-refractivity contribution in [2.75, 3.05) is 37.0 Å². The molecule has 1 rings (SSSR count). The summed E-state index contributed by atoms with van der Waals surface area (Å²) < 4.78 is 5.35. The summed E-state index contributed by atoms with van der Waals surface area (Å²) in [5, 5.41) is 3.37. The van der Waals surface area contributed by atoms with E-state index in [0.29, 0.717) is 0 Å². The zero-order valence-corrected chi connectivity index (χ0v) is 12.2. The van der Waals surface area contributed by atoms with Crippen LogP contribution < -0.4 is 10.2 Å². The monoisotopic (exact) mass is 251 g/mol. The third kappa shape index (κ3) is 5.36. The highest BCUT2D eigenvalue weighted by Gasteiger charge is 2.11. The van der Waals surface area contributed by atoms with Crippen molar-refractivity contribution in [3.05, 3.63) is 18.2 Å². The minimum atomic E-state index is 0.0233. The lowest BCUT2D eigenvalue weighted by Gasteiger charge is -2.23. The van der Waals surface area contributed by atoms with E-state index in [1.54, 1.807) is 0 Å². The number of hydrogen-bond acceptors (Lipinski definition) is 4.